The Bertz CT molecular complexity index is 1160. The lowest BCUT2D eigenvalue weighted by Gasteiger charge is -2.08. The topological polar surface area (TPSA) is 77.6 Å². The van der Waals surface area contributed by atoms with E-state index in [1.54, 1.807) is 18.7 Å². The van der Waals surface area contributed by atoms with Gasteiger partial charge in [0.2, 0.25) is 6.10 Å². The minimum Gasteiger partial charge on any atom is -0.382 e. The molecule has 1 atom stereocenters. The van der Waals surface area contributed by atoms with Gasteiger partial charge in [-0.15, -0.1) is 0 Å². The van der Waals surface area contributed by atoms with Crippen molar-refractivity contribution in [2.45, 2.75) is 19.4 Å². The molecule has 0 saturated heterocycles. The third-order valence-electron chi connectivity index (χ3n) is 4.92. The summed E-state index contributed by atoms with van der Waals surface area (Å²) in [6.07, 6.45) is -0.450. The Hall–Kier alpha value is -3.13. The molecule has 1 amide bonds. The summed E-state index contributed by atoms with van der Waals surface area (Å²) in [4.78, 5) is 31.0. The molecule has 1 aliphatic rings. The summed E-state index contributed by atoms with van der Waals surface area (Å²) in [5, 5.41) is 6.79. The number of nitrogens with one attached hydrogen (secondary N) is 1. The van der Waals surface area contributed by atoms with E-state index in [9.17, 15) is 9.59 Å². The Morgan fingerprint density at radius 2 is 1.97 bits per heavy atom. The maximum atomic E-state index is 12.9. The van der Waals surface area contributed by atoms with Crippen LogP contribution in [0.3, 0.4) is 0 Å². The molecule has 8 heteroatoms. The summed E-state index contributed by atoms with van der Waals surface area (Å²) in [5.74, 6) is -0.398. The summed E-state index contributed by atoms with van der Waals surface area (Å²) >= 11 is 3.43. The molecule has 3 aromatic rings. The molecule has 1 N–H and O–H groups in total. The van der Waals surface area contributed by atoms with Crippen LogP contribution in [0.15, 0.2) is 69.0 Å². The fraction of sp³-hybridized carbons (Fsp3) is 0.190. The van der Waals surface area contributed by atoms with Crippen molar-refractivity contribution in [1.82, 2.24) is 9.36 Å². The lowest BCUT2D eigenvalue weighted by Crippen LogP contribution is -2.30. The fourth-order valence-electron chi connectivity index (χ4n) is 3.27. The highest BCUT2D eigenvalue weighted by Gasteiger charge is 2.30. The van der Waals surface area contributed by atoms with Gasteiger partial charge in [0.05, 0.1) is 17.1 Å². The average molecular weight is 455 g/mol. The van der Waals surface area contributed by atoms with E-state index in [2.05, 4.69) is 26.4 Å². The van der Waals surface area contributed by atoms with Crippen molar-refractivity contribution in [3.63, 3.8) is 0 Å². The van der Waals surface area contributed by atoms with Crippen LogP contribution >= 0.6 is 15.9 Å². The number of rotatable bonds is 4. The molecular formula is C21H19BrN4O3. The minimum absolute atomic E-state index is 0.237. The molecule has 29 heavy (non-hydrogen) atoms. The Balaban J connectivity index is 1.54. The monoisotopic (exact) mass is 454 g/mol. The van der Waals surface area contributed by atoms with E-state index in [1.165, 1.54) is 4.68 Å². The van der Waals surface area contributed by atoms with Crippen molar-refractivity contribution in [3.8, 4) is 5.69 Å². The van der Waals surface area contributed by atoms with Crippen molar-refractivity contribution in [1.29, 1.82) is 0 Å². The zero-order chi connectivity index (χ0) is 20.5. The molecule has 0 radical (unpaired) electrons. The number of halogens is 1. The maximum Gasteiger partial charge on any atom is 0.295 e. The van der Waals surface area contributed by atoms with Crippen LogP contribution in [-0.4, -0.2) is 27.1 Å². The summed E-state index contributed by atoms with van der Waals surface area (Å²) in [7, 11) is 1.78. The van der Waals surface area contributed by atoms with E-state index < -0.39 is 12.0 Å². The van der Waals surface area contributed by atoms with Crippen molar-refractivity contribution >= 4 is 33.2 Å². The van der Waals surface area contributed by atoms with Crippen LogP contribution in [0.4, 0.5) is 5.69 Å². The molecule has 0 fully saturated rings. The van der Waals surface area contributed by atoms with Gasteiger partial charge in [0, 0.05) is 23.5 Å². The molecule has 0 spiro atoms. The summed E-state index contributed by atoms with van der Waals surface area (Å²) < 4.78 is 4.16. The number of carbonyl (C=O) groups excluding carboxylic acids is 1. The van der Waals surface area contributed by atoms with Gasteiger partial charge in [-0.25, -0.2) is 4.68 Å². The van der Waals surface area contributed by atoms with E-state index in [-0.39, 0.29) is 11.2 Å². The van der Waals surface area contributed by atoms with Crippen molar-refractivity contribution < 1.29 is 9.63 Å². The van der Waals surface area contributed by atoms with E-state index in [4.69, 9.17) is 4.84 Å². The molecule has 2 heterocycles. The van der Waals surface area contributed by atoms with Crippen molar-refractivity contribution in [2.24, 2.45) is 12.2 Å². The van der Waals surface area contributed by atoms with Gasteiger partial charge in [-0.1, -0.05) is 51.4 Å². The van der Waals surface area contributed by atoms with Gasteiger partial charge < -0.3 is 10.2 Å². The number of aromatic nitrogens is 2. The molecule has 0 bridgehead atoms. The van der Waals surface area contributed by atoms with Crippen molar-refractivity contribution in [2.75, 3.05) is 5.32 Å². The molecule has 1 aromatic heterocycles. The smallest absolute Gasteiger partial charge is 0.295 e. The highest BCUT2D eigenvalue weighted by atomic mass is 79.9. The Labute approximate surface area is 175 Å². The second-order valence-electron chi connectivity index (χ2n) is 6.77. The first kappa shape index (κ1) is 19.2. The molecule has 148 valence electrons. The number of nitrogens with zero attached hydrogens (tertiary/aromatic N) is 3. The summed E-state index contributed by atoms with van der Waals surface area (Å²) in [6, 6.07) is 16.9. The molecule has 0 saturated carbocycles. The number of benzene rings is 2. The first-order chi connectivity index (χ1) is 14.0. The summed E-state index contributed by atoms with van der Waals surface area (Å²) in [5.41, 5.74) is 2.89. The Morgan fingerprint density at radius 3 is 2.69 bits per heavy atom. The van der Waals surface area contributed by atoms with Gasteiger partial charge in [-0.2, -0.15) is 0 Å². The van der Waals surface area contributed by atoms with E-state index in [0.717, 1.165) is 15.7 Å². The molecule has 7 nitrogen and oxygen atoms in total. The van der Waals surface area contributed by atoms with Gasteiger partial charge in [-0.3, -0.25) is 14.3 Å². The third kappa shape index (κ3) is 3.63. The first-order valence-corrected chi connectivity index (χ1v) is 9.88. The zero-order valence-electron chi connectivity index (χ0n) is 15.9. The highest BCUT2D eigenvalue weighted by Crippen LogP contribution is 2.21. The van der Waals surface area contributed by atoms with Gasteiger partial charge in [0.25, 0.3) is 11.5 Å². The Kier molecular flexibility index (Phi) is 5.10. The van der Waals surface area contributed by atoms with E-state index >= 15 is 0 Å². The largest absolute Gasteiger partial charge is 0.382 e. The maximum absolute atomic E-state index is 12.9. The van der Waals surface area contributed by atoms with Crippen LogP contribution in [0.2, 0.25) is 0 Å². The minimum atomic E-state index is -0.784. The van der Waals surface area contributed by atoms with Crippen LogP contribution in [0.1, 0.15) is 17.7 Å². The van der Waals surface area contributed by atoms with E-state index in [1.807, 2.05) is 54.6 Å². The standard InChI is InChI=1S/C21H19BrN4O3/c1-13-19(21(28)26(25(13)2)16-9-4-3-5-10-16)23-20(27)18-12-17(24-29-18)14-7-6-8-15(22)11-14/h3-11,18H,12H2,1-2H3,(H,23,27)/t18-/m1/s1. The molecule has 1 aliphatic heterocycles. The fourth-order valence-corrected chi connectivity index (χ4v) is 3.67. The lowest BCUT2D eigenvalue weighted by atomic mass is 10.0. The SMILES string of the molecule is Cc1c(NC(=O)[C@H]2CC(c3cccc(Br)c3)=NO2)c(=O)n(-c2ccccc2)n1C. The number of anilines is 1. The number of amides is 1. The molecular weight excluding hydrogens is 436 g/mol. The van der Waals surface area contributed by atoms with E-state index in [0.29, 0.717) is 17.8 Å². The van der Waals surface area contributed by atoms with Gasteiger partial charge in [0.1, 0.15) is 5.69 Å². The zero-order valence-corrected chi connectivity index (χ0v) is 17.5. The van der Waals surface area contributed by atoms with Gasteiger partial charge in [-0.05, 0) is 31.2 Å². The number of carbonyl (C=O) groups is 1. The third-order valence-corrected chi connectivity index (χ3v) is 5.41. The van der Waals surface area contributed by atoms with Crippen LogP contribution in [0, 0.1) is 6.92 Å². The predicted molar refractivity (Wildman–Crippen MR) is 115 cm³/mol. The Morgan fingerprint density at radius 1 is 1.21 bits per heavy atom. The highest BCUT2D eigenvalue weighted by molar-refractivity contribution is 9.10. The normalized spacial score (nSPS) is 15.7. The number of hydrogen-bond acceptors (Lipinski definition) is 4. The number of oxime groups is 1. The number of para-hydroxylation sites is 1. The predicted octanol–water partition coefficient (Wildman–Crippen LogP) is 3.38. The quantitative estimate of drug-likeness (QED) is 0.656. The second kappa shape index (κ2) is 7.71. The molecule has 0 aliphatic carbocycles. The van der Waals surface area contributed by atoms with Crippen molar-refractivity contribution in [3.05, 3.63) is 80.7 Å². The van der Waals surface area contributed by atoms with Gasteiger partial charge >= 0.3 is 0 Å². The average Bonchev–Trinajstić information content (AvgIpc) is 3.29. The molecule has 4 rings (SSSR count). The van der Waals surface area contributed by atoms with Crippen LogP contribution in [0.25, 0.3) is 5.69 Å². The lowest BCUT2D eigenvalue weighted by molar-refractivity contribution is -0.125. The van der Waals surface area contributed by atoms with Crippen LogP contribution in [0.5, 0.6) is 0 Å². The van der Waals surface area contributed by atoms with Crippen LogP contribution < -0.4 is 10.9 Å². The molecule has 0 unspecified atom stereocenters. The second-order valence-corrected chi connectivity index (χ2v) is 7.69. The molecule has 2 aromatic carbocycles. The van der Waals surface area contributed by atoms with Gasteiger partial charge in [0.15, 0.2) is 0 Å². The first-order valence-electron chi connectivity index (χ1n) is 9.09. The summed E-state index contributed by atoms with van der Waals surface area (Å²) in [6.45, 7) is 1.79. The number of hydrogen-bond donors (Lipinski definition) is 1. The van der Waals surface area contributed by atoms with Crippen LogP contribution in [-0.2, 0) is 16.7 Å².